The first-order valence-corrected chi connectivity index (χ1v) is 8.47. The molecule has 0 spiro atoms. The second-order valence-electron chi connectivity index (χ2n) is 5.12. The Balaban J connectivity index is 2.52. The molecule has 0 radical (unpaired) electrons. The predicted octanol–water partition coefficient (Wildman–Crippen LogP) is 5.67. The summed E-state index contributed by atoms with van der Waals surface area (Å²) in [5, 5.41) is 3.49. The van der Waals surface area contributed by atoms with Crippen molar-refractivity contribution in [2.75, 3.05) is 6.54 Å². The summed E-state index contributed by atoms with van der Waals surface area (Å²) in [4.78, 5) is 0. The van der Waals surface area contributed by atoms with E-state index < -0.39 is 0 Å². The molecule has 2 aromatic rings. The normalized spacial score (nSPS) is 12.5. The molecule has 2 aromatic carbocycles. The maximum atomic E-state index is 13.5. The summed E-state index contributed by atoms with van der Waals surface area (Å²) in [6, 6.07) is 9.56. The van der Waals surface area contributed by atoms with Crippen LogP contribution in [0.15, 0.2) is 39.3 Å². The molecule has 2 rings (SSSR count). The van der Waals surface area contributed by atoms with Gasteiger partial charge in [-0.1, -0.05) is 35.0 Å². The van der Waals surface area contributed by atoms with Gasteiger partial charge in [0.2, 0.25) is 0 Å². The minimum atomic E-state index is -0.238. The molecular weight excluding hydrogens is 397 g/mol. The van der Waals surface area contributed by atoms with E-state index in [2.05, 4.69) is 70.1 Å². The fourth-order valence-corrected chi connectivity index (χ4v) is 3.27. The standard InChI is InChI=1S/C17H18Br2FN/c1-4-21-17(12-5-6-16(20)15(19)9-12)13-7-11(3)14(18)8-10(13)2/h5-9,17,21H,4H2,1-3H3. The average molecular weight is 415 g/mol. The molecule has 0 heterocycles. The molecule has 1 unspecified atom stereocenters. The molecule has 0 saturated carbocycles. The van der Waals surface area contributed by atoms with Gasteiger partial charge in [0.25, 0.3) is 0 Å². The van der Waals surface area contributed by atoms with E-state index in [1.807, 2.05) is 12.1 Å². The molecule has 1 nitrogen and oxygen atoms in total. The second kappa shape index (κ2) is 7.03. The zero-order valence-corrected chi connectivity index (χ0v) is 15.5. The monoisotopic (exact) mass is 413 g/mol. The molecule has 0 amide bonds. The number of rotatable bonds is 4. The summed E-state index contributed by atoms with van der Waals surface area (Å²) in [6.07, 6.45) is 0. The van der Waals surface area contributed by atoms with Crippen molar-refractivity contribution in [1.29, 1.82) is 0 Å². The lowest BCUT2D eigenvalue weighted by molar-refractivity contribution is 0.607. The van der Waals surface area contributed by atoms with Gasteiger partial charge < -0.3 is 5.32 Å². The summed E-state index contributed by atoms with van der Waals surface area (Å²) in [5.74, 6) is -0.238. The third kappa shape index (κ3) is 3.74. The largest absolute Gasteiger partial charge is 0.307 e. The van der Waals surface area contributed by atoms with Gasteiger partial charge in [0, 0.05) is 4.47 Å². The van der Waals surface area contributed by atoms with Gasteiger partial charge in [-0.15, -0.1) is 0 Å². The Morgan fingerprint density at radius 3 is 2.38 bits per heavy atom. The Morgan fingerprint density at radius 2 is 1.76 bits per heavy atom. The van der Waals surface area contributed by atoms with Crippen LogP contribution in [0, 0.1) is 19.7 Å². The van der Waals surface area contributed by atoms with Crippen LogP contribution in [-0.2, 0) is 0 Å². The summed E-state index contributed by atoms with van der Waals surface area (Å²) >= 11 is 6.84. The highest BCUT2D eigenvalue weighted by molar-refractivity contribution is 9.10. The molecule has 0 saturated heterocycles. The number of nitrogens with one attached hydrogen (secondary N) is 1. The minimum absolute atomic E-state index is 0.0544. The topological polar surface area (TPSA) is 12.0 Å². The van der Waals surface area contributed by atoms with Gasteiger partial charge in [0.05, 0.1) is 10.5 Å². The van der Waals surface area contributed by atoms with Crippen LogP contribution >= 0.6 is 31.9 Å². The fraction of sp³-hybridized carbons (Fsp3) is 0.294. The summed E-state index contributed by atoms with van der Waals surface area (Å²) in [6.45, 7) is 7.10. The molecule has 1 N–H and O–H groups in total. The summed E-state index contributed by atoms with van der Waals surface area (Å²) in [5.41, 5.74) is 4.67. The van der Waals surface area contributed by atoms with Crippen molar-refractivity contribution in [3.8, 4) is 0 Å². The Kier molecular flexibility index (Phi) is 5.58. The minimum Gasteiger partial charge on any atom is -0.307 e. The lowest BCUT2D eigenvalue weighted by Crippen LogP contribution is -2.23. The first-order valence-electron chi connectivity index (χ1n) is 6.89. The van der Waals surface area contributed by atoms with Crippen LogP contribution in [0.2, 0.25) is 0 Å². The highest BCUT2D eigenvalue weighted by Crippen LogP contribution is 2.31. The Bertz CT molecular complexity index is 655. The van der Waals surface area contributed by atoms with Gasteiger partial charge in [-0.2, -0.15) is 0 Å². The highest BCUT2D eigenvalue weighted by Gasteiger charge is 2.17. The average Bonchev–Trinajstić information content (AvgIpc) is 2.44. The van der Waals surface area contributed by atoms with E-state index in [4.69, 9.17) is 0 Å². The lowest BCUT2D eigenvalue weighted by atomic mass is 9.93. The van der Waals surface area contributed by atoms with E-state index in [0.717, 1.165) is 16.6 Å². The molecule has 0 fully saturated rings. The predicted molar refractivity (Wildman–Crippen MR) is 93.2 cm³/mol. The highest BCUT2D eigenvalue weighted by atomic mass is 79.9. The molecule has 0 aliphatic heterocycles. The number of halogens is 3. The molecule has 112 valence electrons. The van der Waals surface area contributed by atoms with Crippen LogP contribution in [0.3, 0.4) is 0 Å². The van der Waals surface area contributed by atoms with E-state index in [1.165, 1.54) is 22.8 Å². The molecule has 0 aliphatic carbocycles. The van der Waals surface area contributed by atoms with Gasteiger partial charge in [-0.3, -0.25) is 0 Å². The van der Waals surface area contributed by atoms with Crippen molar-refractivity contribution < 1.29 is 4.39 Å². The van der Waals surface area contributed by atoms with Gasteiger partial charge in [-0.25, -0.2) is 4.39 Å². The maximum Gasteiger partial charge on any atom is 0.137 e. The van der Waals surface area contributed by atoms with Crippen LogP contribution in [0.1, 0.15) is 35.2 Å². The Morgan fingerprint density at radius 1 is 1.05 bits per heavy atom. The number of hydrogen-bond donors (Lipinski definition) is 1. The van der Waals surface area contributed by atoms with Crippen molar-refractivity contribution in [2.24, 2.45) is 0 Å². The van der Waals surface area contributed by atoms with E-state index in [1.54, 1.807) is 0 Å². The Hall–Kier alpha value is -0.710. The van der Waals surface area contributed by atoms with Crippen LogP contribution in [-0.4, -0.2) is 6.54 Å². The third-order valence-corrected chi connectivity index (χ3v) is 5.01. The summed E-state index contributed by atoms with van der Waals surface area (Å²) < 4.78 is 15.1. The summed E-state index contributed by atoms with van der Waals surface area (Å²) in [7, 11) is 0. The van der Waals surface area contributed by atoms with Gasteiger partial charge in [0.15, 0.2) is 0 Å². The fourth-order valence-electron chi connectivity index (χ4n) is 2.42. The first kappa shape index (κ1) is 16.7. The molecule has 0 bridgehead atoms. The Labute approximate surface area is 142 Å². The van der Waals surface area contributed by atoms with E-state index >= 15 is 0 Å². The number of benzene rings is 2. The van der Waals surface area contributed by atoms with E-state index in [9.17, 15) is 4.39 Å². The second-order valence-corrected chi connectivity index (χ2v) is 6.83. The zero-order chi connectivity index (χ0) is 15.6. The molecular formula is C17H18Br2FN. The van der Waals surface area contributed by atoms with Crippen molar-refractivity contribution in [2.45, 2.75) is 26.8 Å². The maximum absolute atomic E-state index is 13.5. The van der Waals surface area contributed by atoms with Crippen molar-refractivity contribution >= 4 is 31.9 Å². The van der Waals surface area contributed by atoms with Crippen LogP contribution in [0.25, 0.3) is 0 Å². The van der Waals surface area contributed by atoms with Crippen LogP contribution in [0.5, 0.6) is 0 Å². The van der Waals surface area contributed by atoms with Gasteiger partial charge >= 0.3 is 0 Å². The van der Waals surface area contributed by atoms with Crippen LogP contribution in [0.4, 0.5) is 4.39 Å². The van der Waals surface area contributed by atoms with Crippen molar-refractivity contribution in [3.63, 3.8) is 0 Å². The molecule has 4 heteroatoms. The molecule has 0 aliphatic rings. The van der Waals surface area contributed by atoms with Crippen molar-refractivity contribution in [3.05, 3.63) is 67.3 Å². The van der Waals surface area contributed by atoms with Crippen LogP contribution < -0.4 is 5.32 Å². The number of aryl methyl sites for hydroxylation is 2. The van der Waals surface area contributed by atoms with E-state index in [0.29, 0.717) is 4.47 Å². The van der Waals surface area contributed by atoms with Crippen molar-refractivity contribution in [1.82, 2.24) is 5.32 Å². The molecule has 21 heavy (non-hydrogen) atoms. The van der Waals surface area contributed by atoms with E-state index in [-0.39, 0.29) is 11.9 Å². The molecule has 1 atom stereocenters. The number of hydrogen-bond acceptors (Lipinski definition) is 1. The van der Waals surface area contributed by atoms with Gasteiger partial charge in [-0.05, 0) is 76.8 Å². The zero-order valence-electron chi connectivity index (χ0n) is 12.3. The van der Waals surface area contributed by atoms with Gasteiger partial charge in [0.1, 0.15) is 5.82 Å². The lowest BCUT2D eigenvalue weighted by Gasteiger charge is -2.22. The third-order valence-electron chi connectivity index (χ3n) is 3.54. The smallest absolute Gasteiger partial charge is 0.137 e. The SMILES string of the molecule is CCNC(c1ccc(F)c(Br)c1)c1cc(C)c(Br)cc1C. The first-order chi connectivity index (χ1) is 9.93. The quantitative estimate of drug-likeness (QED) is 0.679. The molecule has 0 aromatic heterocycles.